The van der Waals surface area contributed by atoms with Gasteiger partial charge in [-0.15, -0.1) is 0 Å². The van der Waals surface area contributed by atoms with Crippen LogP contribution in [0.3, 0.4) is 0 Å². The number of hydrogen-bond acceptors (Lipinski definition) is 3. The van der Waals surface area contributed by atoms with Crippen LogP contribution in [0.5, 0.6) is 0 Å². The van der Waals surface area contributed by atoms with Gasteiger partial charge in [0.2, 0.25) is 5.91 Å². The van der Waals surface area contributed by atoms with Crippen LogP contribution in [0.15, 0.2) is 18.2 Å². The maximum Gasteiger partial charge on any atom is 0.326 e. The highest BCUT2D eigenvalue weighted by atomic mass is 16.4. The minimum Gasteiger partial charge on any atom is -0.480 e. The summed E-state index contributed by atoms with van der Waals surface area (Å²) >= 11 is 0. The number of carbonyl (C=O) groups is 3. The van der Waals surface area contributed by atoms with E-state index in [0.717, 1.165) is 5.56 Å². The van der Waals surface area contributed by atoms with Gasteiger partial charge in [0, 0.05) is 11.3 Å². The van der Waals surface area contributed by atoms with Crippen molar-refractivity contribution >= 4 is 23.5 Å². The van der Waals surface area contributed by atoms with E-state index >= 15 is 0 Å². The van der Waals surface area contributed by atoms with E-state index in [1.807, 2.05) is 0 Å². The maximum absolute atomic E-state index is 12.2. The Morgan fingerprint density at radius 1 is 1.33 bits per heavy atom. The average Bonchev–Trinajstić information content (AvgIpc) is 2.72. The molecule has 0 saturated carbocycles. The predicted molar refractivity (Wildman–Crippen MR) is 77.1 cm³/mol. The largest absolute Gasteiger partial charge is 0.480 e. The second-order valence-electron chi connectivity index (χ2n) is 6.21. The van der Waals surface area contributed by atoms with Crippen molar-refractivity contribution in [2.45, 2.75) is 33.2 Å². The molecule has 0 bridgehead atoms. The number of amides is 2. The molecule has 112 valence electrons. The summed E-state index contributed by atoms with van der Waals surface area (Å²) in [6, 6.07) is 3.85. The highest BCUT2D eigenvalue weighted by Gasteiger charge is 2.33. The molecule has 1 aliphatic rings. The highest BCUT2D eigenvalue weighted by molar-refractivity contribution is 6.02. The number of hydrogen-bond donors (Lipinski definition) is 3. The monoisotopic (exact) mass is 290 g/mol. The second-order valence-corrected chi connectivity index (χ2v) is 6.21. The number of nitrogens with one attached hydrogen (secondary N) is 2. The number of carboxylic acids is 1. The summed E-state index contributed by atoms with van der Waals surface area (Å²) in [7, 11) is 0. The van der Waals surface area contributed by atoms with Gasteiger partial charge >= 0.3 is 5.97 Å². The molecule has 1 atom stereocenters. The van der Waals surface area contributed by atoms with Crippen molar-refractivity contribution < 1.29 is 19.5 Å². The Morgan fingerprint density at radius 3 is 2.57 bits per heavy atom. The van der Waals surface area contributed by atoms with E-state index in [0.29, 0.717) is 11.3 Å². The minimum atomic E-state index is -1.08. The highest BCUT2D eigenvalue weighted by Crippen LogP contribution is 2.24. The van der Waals surface area contributed by atoms with Gasteiger partial charge in [0.1, 0.15) is 6.04 Å². The normalized spacial score (nSPS) is 15.1. The van der Waals surface area contributed by atoms with Crippen LogP contribution < -0.4 is 10.6 Å². The lowest BCUT2D eigenvalue weighted by Crippen LogP contribution is -2.49. The molecule has 1 aromatic carbocycles. The SMILES string of the molecule is CC(C)(C)C(NC(=O)c1ccc2c(c1)CC(=O)N2)C(=O)O. The number of carboxylic acid groups (broad SMARTS) is 1. The van der Waals surface area contributed by atoms with Crippen molar-refractivity contribution in [2.75, 3.05) is 5.32 Å². The van der Waals surface area contributed by atoms with E-state index in [2.05, 4.69) is 10.6 Å². The lowest BCUT2D eigenvalue weighted by molar-refractivity contribution is -0.142. The first kappa shape index (κ1) is 15.0. The molecule has 1 aliphatic heterocycles. The molecule has 2 amide bonds. The molecule has 0 saturated heterocycles. The van der Waals surface area contributed by atoms with Gasteiger partial charge in [-0.3, -0.25) is 9.59 Å². The molecule has 0 fully saturated rings. The Labute approximate surface area is 122 Å². The molecular weight excluding hydrogens is 272 g/mol. The first-order valence-electron chi connectivity index (χ1n) is 6.65. The van der Waals surface area contributed by atoms with E-state index < -0.39 is 23.3 Å². The van der Waals surface area contributed by atoms with E-state index in [4.69, 9.17) is 0 Å². The molecular formula is C15H18N2O4. The number of aliphatic carboxylic acids is 1. The quantitative estimate of drug-likeness (QED) is 0.784. The number of benzene rings is 1. The van der Waals surface area contributed by atoms with Crippen molar-refractivity contribution in [2.24, 2.45) is 5.41 Å². The molecule has 1 heterocycles. The smallest absolute Gasteiger partial charge is 0.326 e. The molecule has 3 N–H and O–H groups in total. The zero-order chi connectivity index (χ0) is 15.8. The van der Waals surface area contributed by atoms with Crippen LogP contribution in [0.2, 0.25) is 0 Å². The number of anilines is 1. The third-order valence-corrected chi connectivity index (χ3v) is 3.38. The van der Waals surface area contributed by atoms with Crippen LogP contribution in [-0.4, -0.2) is 28.9 Å². The molecule has 0 radical (unpaired) electrons. The topological polar surface area (TPSA) is 95.5 Å². The lowest BCUT2D eigenvalue weighted by Gasteiger charge is -2.27. The van der Waals surface area contributed by atoms with E-state index in [9.17, 15) is 19.5 Å². The second kappa shape index (κ2) is 5.20. The van der Waals surface area contributed by atoms with Crippen LogP contribution in [0.4, 0.5) is 5.69 Å². The Hall–Kier alpha value is -2.37. The zero-order valence-electron chi connectivity index (χ0n) is 12.2. The van der Waals surface area contributed by atoms with Gasteiger partial charge in [0.25, 0.3) is 5.91 Å². The predicted octanol–water partition coefficient (Wildman–Crippen LogP) is 1.41. The summed E-state index contributed by atoms with van der Waals surface area (Å²) in [6.45, 7) is 5.24. The summed E-state index contributed by atoms with van der Waals surface area (Å²) in [6.07, 6.45) is 0.234. The van der Waals surface area contributed by atoms with E-state index in [-0.39, 0.29) is 12.3 Å². The Morgan fingerprint density at radius 2 is 2.00 bits per heavy atom. The van der Waals surface area contributed by atoms with Gasteiger partial charge in [-0.05, 0) is 29.2 Å². The zero-order valence-corrected chi connectivity index (χ0v) is 12.2. The molecule has 1 aromatic rings. The van der Waals surface area contributed by atoms with Gasteiger partial charge in [-0.25, -0.2) is 4.79 Å². The maximum atomic E-state index is 12.2. The Balaban J connectivity index is 2.19. The van der Waals surface area contributed by atoms with Gasteiger partial charge in [-0.2, -0.15) is 0 Å². The average molecular weight is 290 g/mol. The number of carbonyl (C=O) groups excluding carboxylic acids is 2. The van der Waals surface area contributed by atoms with Crippen LogP contribution in [0.1, 0.15) is 36.7 Å². The van der Waals surface area contributed by atoms with E-state index in [1.54, 1.807) is 39.0 Å². The summed E-state index contributed by atoms with van der Waals surface area (Å²) in [5.74, 6) is -1.64. The van der Waals surface area contributed by atoms with Gasteiger partial charge in [-0.1, -0.05) is 20.8 Å². The number of rotatable bonds is 3. The van der Waals surface area contributed by atoms with Crippen LogP contribution in [0.25, 0.3) is 0 Å². The van der Waals surface area contributed by atoms with Crippen LogP contribution in [0, 0.1) is 5.41 Å². The fourth-order valence-corrected chi connectivity index (χ4v) is 2.23. The minimum absolute atomic E-state index is 0.110. The summed E-state index contributed by atoms with van der Waals surface area (Å²) < 4.78 is 0. The Kier molecular flexibility index (Phi) is 3.72. The number of fused-ring (bicyclic) bond motifs is 1. The first-order valence-corrected chi connectivity index (χ1v) is 6.65. The van der Waals surface area contributed by atoms with Crippen molar-refractivity contribution in [1.82, 2.24) is 5.32 Å². The van der Waals surface area contributed by atoms with E-state index in [1.165, 1.54) is 0 Å². The van der Waals surface area contributed by atoms with Crippen LogP contribution in [-0.2, 0) is 16.0 Å². The summed E-state index contributed by atoms with van der Waals surface area (Å²) in [5, 5.41) is 14.4. The molecule has 6 nitrogen and oxygen atoms in total. The lowest BCUT2D eigenvalue weighted by atomic mass is 9.86. The molecule has 2 rings (SSSR count). The van der Waals surface area contributed by atoms with Gasteiger partial charge in [0.15, 0.2) is 0 Å². The molecule has 1 unspecified atom stereocenters. The van der Waals surface area contributed by atoms with Crippen molar-refractivity contribution in [3.63, 3.8) is 0 Å². The van der Waals surface area contributed by atoms with Gasteiger partial charge in [0.05, 0.1) is 6.42 Å². The summed E-state index contributed by atoms with van der Waals surface area (Å²) in [4.78, 5) is 34.8. The van der Waals surface area contributed by atoms with Crippen LogP contribution >= 0.6 is 0 Å². The molecule has 21 heavy (non-hydrogen) atoms. The van der Waals surface area contributed by atoms with Crippen molar-refractivity contribution in [3.8, 4) is 0 Å². The molecule has 0 aromatic heterocycles. The van der Waals surface area contributed by atoms with Gasteiger partial charge < -0.3 is 15.7 Å². The fraction of sp³-hybridized carbons (Fsp3) is 0.400. The first-order chi connectivity index (χ1) is 9.68. The molecule has 0 aliphatic carbocycles. The fourth-order valence-electron chi connectivity index (χ4n) is 2.23. The van der Waals surface area contributed by atoms with Crippen molar-refractivity contribution in [1.29, 1.82) is 0 Å². The summed E-state index contributed by atoms with van der Waals surface area (Å²) in [5.41, 5.74) is 1.19. The standard InChI is InChI=1S/C15H18N2O4/c1-15(2,3)12(14(20)21)17-13(19)8-4-5-10-9(6-8)7-11(18)16-10/h4-6,12H,7H2,1-3H3,(H,16,18)(H,17,19)(H,20,21). The van der Waals surface area contributed by atoms with Crippen molar-refractivity contribution in [3.05, 3.63) is 29.3 Å². The Bertz CT molecular complexity index is 617. The third kappa shape index (κ3) is 3.21. The molecule has 0 spiro atoms. The third-order valence-electron chi connectivity index (χ3n) is 3.38. The molecule has 6 heteroatoms.